The number of aliphatic hydroxyl groups is 2. The van der Waals surface area contributed by atoms with Crippen molar-refractivity contribution in [2.24, 2.45) is 11.8 Å². The van der Waals surface area contributed by atoms with Crippen molar-refractivity contribution in [3.05, 3.63) is 166 Å². The summed E-state index contributed by atoms with van der Waals surface area (Å²) in [7, 11) is 1.17. The van der Waals surface area contributed by atoms with Gasteiger partial charge in [0, 0.05) is 44.2 Å². The molecule has 0 spiro atoms. The molecule has 2 amide bonds. The average molecular weight is 980 g/mol. The van der Waals surface area contributed by atoms with Gasteiger partial charge in [0.1, 0.15) is 26.8 Å². The minimum absolute atomic E-state index is 0.0873. The van der Waals surface area contributed by atoms with E-state index in [1.165, 1.54) is 24.8 Å². The van der Waals surface area contributed by atoms with E-state index in [1.54, 1.807) is 53.4 Å². The van der Waals surface area contributed by atoms with E-state index in [2.05, 4.69) is 44.8 Å². The first kappa shape index (κ1) is 50.6. The molecule has 5 aromatic carbocycles. The first-order chi connectivity index (χ1) is 34.4. The number of aliphatic hydroxyl groups excluding tert-OH is 1. The lowest BCUT2D eigenvalue weighted by molar-refractivity contribution is -0.160. The van der Waals surface area contributed by atoms with Crippen LogP contribution in [-0.4, -0.2) is 117 Å². The molecule has 2 fully saturated rings. The zero-order valence-corrected chi connectivity index (χ0v) is 40.8. The number of hydrogen-bond acceptors (Lipinski definition) is 12. The third-order valence-electron chi connectivity index (χ3n) is 13.3. The van der Waals surface area contributed by atoms with Gasteiger partial charge in [0.15, 0.2) is 5.22 Å². The molecular weight excluding hydrogens is 919 g/mol. The third-order valence-corrected chi connectivity index (χ3v) is 14.8. The number of carbonyl (C=O) groups is 3. The molecule has 1 aromatic heterocycles. The number of phenolic OH excluding ortho intramolecular Hbond substituents is 1. The van der Waals surface area contributed by atoms with Crippen LogP contribution < -0.4 is 30.9 Å². The van der Waals surface area contributed by atoms with Gasteiger partial charge < -0.3 is 50.0 Å². The number of benzene rings is 5. The fourth-order valence-corrected chi connectivity index (χ4v) is 10.5. The Hall–Kier alpha value is -6.82. The van der Waals surface area contributed by atoms with Crippen molar-refractivity contribution in [2.45, 2.75) is 50.1 Å². The number of aromatic hydroxyl groups is 1. The molecule has 2 saturated heterocycles. The van der Waals surface area contributed by atoms with Crippen LogP contribution in [-0.2, 0) is 32.6 Å². The van der Waals surface area contributed by atoms with Gasteiger partial charge in [0.25, 0.3) is 5.91 Å². The summed E-state index contributed by atoms with van der Waals surface area (Å²) >= 11 is 0. The zero-order valence-electron chi connectivity index (χ0n) is 39.8. The van der Waals surface area contributed by atoms with Crippen molar-refractivity contribution in [1.29, 1.82) is 0 Å². The van der Waals surface area contributed by atoms with Crippen LogP contribution in [0.25, 0.3) is 10.9 Å². The molecule has 2 atom stereocenters. The first-order valence-corrected chi connectivity index (χ1v) is 25.1. The molecule has 6 N–H and O–H groups in total. The van der Waals surface area contributed by atoms with E-state index in [1.807, 2.05) is 42.5 Å². The summed E-state index contributed by atoms with van der Waals surface area (Å²) in [4.78, 5) is 59.0. The maximum absolute atomic E-state index is 13.9. The standard InChI is InChI=1S/C55H61N5O10Si/c1-68-49-29-40(31-56-32-48(62)44-17-19-47(61)52-45(44)18-20-50(63)58-52)15-16-46(49)53(65)57-33-51(64)60-27-23-39(24-28-60)35-69-42-12-8-11-41(30-42)55(67,71-43-13-6-3-7-14-43)54(66)70-36-38-21-25-59(26-22-38)34-37-9-4-2-5-10-37/h2-20,29-30,38-39,48,56,61-62,67H,21-28,31-36H2,1H3,(H,57,65)(H,58,63)/t48-,55+/m0/s1. The smallest absolute Gasteiger partial charge is 0.338 e. The predicted octanol–water partition coefficient (Wildman–Crippen LogP) is 4.74. The van der Waals surface area contributed by atoms with E-state index < -0.39 is 23.2 Å². The maximum Gasteiger partial charge on any atom is 0.338 e. The zero-order chi connectivity index (χ0) is 49.7. The Labute approximate surface area is 415 Å². The summed E-state index contributed by atoms with van der Waals surface area (Å²) in [6.07, 6.45) is 2.27. The Morgan fingerprint density at radius 3 is 2.28 bits per heavy atom. The van der Waals surface area contributed by atoms with Gasteiger partial charge in [0.05, 0.1) is 44.1 Å². The number of methoxy groups -OCH3 is 1. The van der Waals surface area contributed by atoms with Crippen molar-refractivity contribution in [2.75, 3.05) is 59.6 Å². The van der Waals surface area contributed by atoms with E-state index in [-0.39, 0.29) is 69.3 Å². The molecule has 15 nitrogen and oxygen atoms in total. The van der Waals surface area contributed by atoms with E-state index in [0.717, 1.165) is 43.2 Å². The molecule has 6 aromatic rings. The van der Waals surface area contributed by atoms with Crippen LogP contribution >= 0.6 is 0 Å². The van der Waals surface area contributed by atoms with Crippen molar-refractivity contribution in [3.8, 4) is 17.2 Å². The molecule has 2 radical (unpaired) electrons. The Balaban J connectivity index is 0.783. The van der Waals surface area contributed by atoms with Crippen molar-refractivity contribution in [3.63, 3.8) is 0 Å². The number of carbonyl (C=O) groups excluding carboxylic acids is 3. The molecule has 0 saturated carbocycles. The SMILES string of the molecule is COc1cc(CNC[C@H](O)c2ccc(O)c3[nH]c(=O)ccc23)ccc1C(=O)NCC(=O)N1CCC(COc2cccc([C@@](O)([Si]c3ccccc3)C(=O)OCC3CCN(Cc4ccccc4)CC3)c2)CC1. The summed E-state index contributed by atoms with van der Waals surface area (Å²) in [5.41, 5.74) is 3.19. The lowest BCUT2D eigenvalue weighted by atomic mass is 9.97. The summed E-state index contributed by atoms with van der Waals surface area (Å²) in [5.74, 6) is -0.183. The molecular formula is C55H61N5O10Si. The highest BCUT2D eigenvalue weighted by atomic mass is 28.2. The normalized spacial score (nSPS) is 16.0. The number of phenols is 1. The van der Waals surface area contributed by atoms with Crippen LogP contribution in [0.15, 0.2) is 132 Å². The number of amides is 2. The fourth-order valence-electron chi connectivity index (χ4n) is 9.21. The van der Waals surface area contributed by atoms with Crippen molar-refractivity contribution in [1.82, 2.24) is 25.4 Å². The molecule has 2 aliphatic heterocycles. The molecule has 0 aliphatic carbocycles. The van der Waals surface area contributed by atoms with Crippen LogP contribution in [0, 0.1) is 11.8 Å². The predicted molar refractivity (Wildman–Crippen MR) is 271 cm³/mol. The summed E-state index contributed by atoms with van der Waals surface area (Å²) in [5, 5.41) is 38.7. The van der Waals surface area contributed by atoms with Crippen LogP contribution in [0.3, 0.4) is 0 Å². The lowest BCUT2D eigenvalue weighted by Crippen LogP contribution is -2.48. The first-order valence-electron chi connectivity index (χ1n) is 24.1. The highest BCUT2D eigenvalue weighted by Crippen LogP contribution is 2.31. The number of nitrogens with zero attached hydrogens (tertiary/aromatic N) is 2. The Kier molecular flexibility index (Phi) is 17.0. The van der Waals surface area contributed by atoms with E-state index in [0.29, 0.717) is 67.1 Å². The molecule has 370 valence electrons. The van der Waals surface area contributed by atoms with Crippen molar-refractivity contribution < 1.29 is 43.9 Å². The van der Waals surface area contributed by atoms with Crippen LogP contribution in [0.5, 0.6) is 17.2 Å². The third kappa shape index (κ3) is 13.1. The van der Waals surface area contributed by atoms with Gasteiger partial charge in [-0.3, -0.25) is 19.3 Å². The molecule has 0 bridgehead atoms. The second-order valence-electron chi connectivity index (χ2n) is 18.3. The number of esters is 1. The second kappa shape index (κ2) is 23.9. The van der Waals surface area contributed by atoms with Crippen molar-refractivity contribution >= 4 is 43.4 Å². The van der Waals surface area contributed by atoms with Gasteiger partial charge in [-0.25, -0.2) is 4.79 Å². The monoisotopic (exact) mass is 979 g/mol. The van der Waals surface area contributed by atoms with Gasteiger partial charge in [0.2, 0.25) is 11.5 Å². The topological polar surface area (TPSA) is 203 Å². The molecule has 3 heterocycles. The van der Waals surface area contributed by atoms with E-state index in [4.69, 9.17) is 14.2 Å². The quantitative estimate of drug-likeness (QED) is 0.0454. The molecule has 71 heavy (non-hydrogen) atoms. The summed E-state index contributed by atoms with van der Waals surface area (Å²) in [6.45, 7) is 4.70. The number of fused-ring (bicyclic) bond motifs is 1. The number of rotatable bonds is 20. The highest BCUT2D eigenvalue weighted by Gasteiger charge is 2.41. The minimum Gasteiger partial charge on any atom is -0.506 e. The van der Waals surface area contributed by atoms with Crippen LogP contribution in [0.1, 0.15) is 64.4 Å². The molecule has 0 unspecified atom stereocenters. The minimum atomic E-state index is -1.91. The van der Waals surface area contributed by atoms with Crippen LogP contribution in [0.4, 0.5) is 0 Å². The molecule has 8 rings (SSSR count). The summed E-state index contributed by atoms with van der Waals surface area (Å²) in [6, 6.07) is 38.0. The molecule has 2 aliphatic rings. The lowest BCUT2D eigenvalue weighted by Gasteiger charge is -2.33. The van der Waals surface area contributed by atoms with Gasteiger partial charge in [-0.15, -0.1) is 0 Å². The van der Waals surface area contributed by atoms with Gasteiger partial charge in [-0.2, -0.15) is 0 Å². The Morgan fingerprint density at radius 2 is 1.54 bits per heavy atom. The number of piperidine rings is 2. The summed E-state index contributed by atoms with van der Waals surface area (Å²) < 4.78 is 17.7. The van der Waals surface area contributed by atoms with E-state index >= 15 is 0 Å². The van der Waals surface area contributed by atoms with E-state index in [9.17, 15) is 34.5 Å². The number of ether oxygens (including phenoxy) is 3. The number of nitrogens with one attached hydrogen (secondary N) is 3. The Morgan fingerprint density at radius 1 is 0.817 bits per heavy atom. The second-order valence-corrected chi connectivity index (χ2v) is 19.9. The van der Waals surface area contributed by atoms with Gasteiger partial charge in [-0.1, -0.05) is 90.1 Å². The highest BCUT2D eigenvalue weighted by molar-refractivity contribution is 6.60. The number of pyridine rings is 1. The Bertz CT molecular complexity index is 2820. The average Bonchev–Trinajstić information content (AvgIpc) is 3.40. The fraction of sp³-hybridized carbons (Fsp3) is 0.345. The van der Waals surface area contributed by atoms with Gasteiger partial charge >= 0.3 is 5.97 Å². The number of hydrogen-bond donors (Lipinski definition) is 6. The maximum atomic E-state index is 13.9. The largest absolute Gasteiger partial charge is 0.506 e. The molecule has 16 heteroatoms. The number of aromatic amines is 1. The number of aromatic nitrogens is 1. The number of H-pyrrole nitrogens is 1. The van der Waals surface area contributed by atoms with Crippen LogP contribution in [0.2, 0.25) is 0 Å². The van der Waals surface area contributed by atoms with Gasteiger partial charge in [-0.05, 0) is 109 Å². The number of likely N-dealkylation sites (tertiary alicyclic amines) is 2.